The summed E-state index contributed by atoms with van der Waals surface area (Å²) in [5.41, 5.74) is 5.92. The molecule has 3 N–H and O–H groups in total. The van der Waals surface area contributed by atoms with Gasteiger partial charge in [0.2, 0.25) is 0 Å². The molecule has 1 aromatic carbocycles. The van der Waals surface area contributed by atoms with Crippen LogP contribution in [0.15, 0.2) is 18.2 Å². The monoisotopic (exact) mass is 288 g/mol. The highest BCUT2D eigenvalue weighted by Gasteiger charge is 2.19. The second kappa shape index (κ2) is 4.52. The number of hydrogen-bond acceptors (Lipinski definition) is 4. The fourth-order valence-corrected chi connectivity index (χ4v) is 2.63. The molecule has 4 nitrogen and oxygen atoms in total. The van der Waals surface area contributed by atoms with Crippen LogP contribution in [-0.4, -0.2) is 16.1 Å². The first-order valence-corrected chi connectivity index (χ1v) is 6.01. The molecular weight excluding hydrogens is 283 g/mol. The van der Waals surface area contributed by atoms with E-state index in [0.717, 1.165) is 11.3 Å². The van der Waals surface area contributed by atoms with Crippen molar-refractivity contribution in [3.8, 4) is 10.4 Å². The molecular formula is C10H6Cl2N2O2S. The van der Waals surface area contributed by atoms with E-state index >= 15 is 0 Å². The standard InChI is InChI=1S/C10H6Cl2N2O2S/c11-4-1-2-6(12)5(3-4)8-7(9(15)16)14-10(13)17-8/h1-3H,(H2,13,14)(H,15,16). The number of nitrogens with zero attached hydrogens (tertiary/aromatic N) is 1. The van der Waals surface area contributed by atoms with Gasteiger partial charge in [0.05, 0.1) is 4.88 Å². The number of carboxylic acid groups (broad SMARTS) is 1. The Bertz CT molecular complexity index is 598. The molecule has 0 bridgehead atoms. The van der Waals surface area contributed by atoms with Gasteiger partial charge in [0, 0.05) is 15.6 Å². The lowest BCUT2D eigenvalue weighted by atomic mass is 10.1. The fourth-order valence-electron chi connectivity index (χ4n) is 1.34. The number of thiazole rings is 1. The molecule has 7 heteroatoms. The summed E-state index contributed by atoms with van der Waals surface area (Å²) < 4.78 is 0. The van der Waals surface area contributed by atoms with Crippen LogP contribution in [0.25, 0.3) is 10.4 Å². The van der Waals surface area contributed by atoms with Crippen molar-refractivity contribution in [1.29, 1.82) is 0 Å². The predicted molar refractivity (Wildman–Crippen MR) is 68.9 cm³/mol. The highest BCUT2D eigenvalue weighted by Crippen LogP contribution is 2.37. The Morgan fingerprint density at radius 2 is 2.12 bits per heavy atom. The number of benzene rings is 1. The summed E-state index contributed by atoms with van der Waals surface area (Å²) in [7, 11) is 0. The summed E-state index contributed by atoms with van der Waals surface area (Å²) in [4.78, 5) is 15.2. The number of hydrogen-bond donors (Lipinski definition) is 2. The number of aromatic nitrogens is 1. The Hall–Kier alpha value is -1.30. The Labute approximate surface area is 111 Å². The van der Waals surface area contributed by atoms with Crippen molar-refractivity contribution in [2.75, 3.05) is 5.73 Å². The third-order valence-corrected chi connectivity index (χ3v) is 3.50. The van der Waals surface area contributed by atoms with Crippen LogP contribution < -0.4 is 5.73 Å². The van der Waals surface area contributed by atoms with Crippen molar-refractivity contribution in [2.24, 2.45) is 0 Å². The van der Waals surface area contributed by atoms with Crippen molar-refractivity contribution in [1.82, 2.24) is 4.98 Å². The van der Waals surface area contributed by atoms with Gasteiger partial charge in [-0.05, 0) is 18.2 Å². The second-order valence-electron chi connectivity index (χ2n) is 3.16. The first-order chi connectivity index (χ1) is 7.99. The number of carbonyl (C=O) groups is 1. The molecule has 0 saturated heterocycles. The number of nitrogen functional groups attached to an aromatic ring is 1. The minimum Gasteiger partial charge on any atom is -0.476 e. The molecule has 17 heavy (non-hydrogen) atoms. The van der Waals surface area contributed by atoms with Gasteiger partial charge in [-0.15, -0.1) is 0 Å². The van der Waals surface area contributed by atoms with Crippen LogP contribution in [-0.2, 0) is 0 Å². The largest absolute Gasteiger partial charge is 0.476 e. The lowest BCUT2D eigenvalue weighted by Crippen LogP contribution is -1.99. The number of aromatic carboxylic acids is 1. The van der Waals surface area contributed by atoms with Crippen LogP contribution in [0, 0.1) is 0 Å². The normalized spacial score (nSPS) is 10.5. The third kappa shape index (κ3) is 2.36. The summed E-state index contributed by atoms with van der Waals surface area (Å²) in [5, 5.41) is 10.1. The van der Waals surface area contributed by atoms with Crippen molar-refractivity contribution in [3.63, 3.8) is 0 Å². The van der Waals surface area contributed by atoms with E-state index in [9.17, 15) is 4.79 Å². The Balaban J connectivity index is 2.67. The Kier molecular flexibility index (Phi) is 3.24. The maximum absolute atomic E-state index is 11.0. The van der Waals surface area contributed by atoms with Crippen LogP contribution >= 0.6 is 34.5 Å². The van der Waals surface area contributed by atoms with Gasteiger partial charge in [0.1, 0.15) is 0 Å². The number of nitrogens with two attached hydrogens (primary N) is 1. The molecule has 2 rings (SSSR count). The molecule has 2 aromatic rings. The minimum absolute atomic E-state index is 0.114. The van der Waals surface area contributed by atoms with Gasteiger partial charge in [-0.3, -0.25) is 0 Å². The lowest BCUT2D eigenvalue weighted by molar-refractivity contribution is 0.0692. The Morgan fingerprint density at radius 1 is 1.41 bits per heavy atom. The van der Waals surface area contributed by atoms with Gasteiger partial charge in [-0.25, -0.2) is 9.78 Å². The summed E-state index contributed by atoms with van der Waals surface area (Å²) >= 11 is 12.9. The highest BCUT2D eigenvalue weighted by atomic mass is 35.5. The number of carboxylic acids is 1. The van der Waals surface area contributed by atoms with E-state index in [0.29, 0.717) is 20.5 Å². The molecule has 0 aliphatic rings. The number of anilines is 1. The average molecular weight is 289 g/mol. The zero-order valence-corrected chi connectivity index (χ0v) is 10.6. The third-order valence-electron chi connectivity index (χ3n) is 2.02. The minimum atomic E-state index is -1.15. The maximum Gasteiger partial charge on any atom is 0.356 e. The van der Waals surface area contributed by atoms with Gasteiger partial charge in [0.25, 0.3) is 0 Å². The van der Waals surface area contributed by atoms with Gasteiger partial charge >= 0.3 is 5.97 Å². The molecule has 0 amide bonds. The Morgan fingerprint density at radius 3 is 2.76 bits per heavy atom. The summed E-state index contributed by atoms with van der Waals surface area (Å²) in [6, 6.07) is 4.81. The van der Waals surface area contributed by atoms with Crippen LogP contribution in [0.1, 0.15) is 10.5 Å². The smallest absolute Gasteiger partial charge is 0.356 e. The van der Waals surface area contributed by atoms with Gasteiger partial charge in [0.15, 0.2) is 10.8 Å². The summed E-state index contributed by atoms with van der Waals surface area (Å²) in [6.45, 7) is 0. The molecule has 0 radical (unpaired) electrons. The number of halogens is 2. The van der Waals surface area contributed by atoms with E-state index < -0.39 is 5.97 Å². The summed E-state index contributed by atoms with van der Waals surface area (Å²) in [5.74, 6) is -1.15. The molecule has 0 aliphatic carbocycles. The SMILES string of the molecule is Nc1nc(C(=O)O)c(-c2cc(Cl)ccc2Cl)s1. The van der Waals surface area contributed by atoms with Gasteiger partial charge in [-0.1, -0.05) is 34.5 Å². The first-order valence-electron chi connectivity index (χ1n) is 4.44. The first kappa shape index (κ1) is 12.2. The molecule has 1 heterocycles. The molecule has 0 unspecified atom stereocenters. The van der Waals surface area contributed by atoms with Crippen LogP contribution in [0.3, 0.4) is 0 Å². The molecule has 0 saturated carbocycles. The average Bonchev–Trinajstić information content (AvgIpc) is 2.64. The van der Waals surface area contributed by atoms with E-state index in [-0.39, 0.29) is 10.8 Å². The molecule has 0 aliphatic heterocycles. The van der Waals surface area contributed by atoms with Crippen LogP contribution in [0.2, 0.25) is 10.0 Å². The van der Waals surface area contributed by atoms with Crippen molar-refractivity contribution in [3.05, 3.63) is 33.9 Å². The topological polar surface area (TPSA) is 76.2 Å². The molecule has 1 aromatic heterocycles. The van der Waals surface area contributed by atoms with Crippen molar-refractivity contribution in [2.45, 2.75) is 0 Å². The van der Waals surface area contributed by atoms with E-state index in [1.807, 2.05) is 0 Å². The van der Waals surface area contributed by atoms with Crippen LogP contribution in [0.5, 0.6) is 0 Å². The van der Waals surface area contributed by atoms with Gasteiger partial charge < -0.3 is 10.8 Å². The van der Waals surface area contributed by atoms with E-state index in [2.05, 4.69) is 4.98 Å². The quantitative estimate of drug-likeness (QED) is 0.888. The maximum atomic E-state index is 11.0. The lowest BCUT2D eigenvalue weighted by Gasteiger charge is -2.02. The molecule has 0 atom stereocenters. The predicted octanol–water partition coefficient (Wildman–Crippen LogP) is 3.40. The van der Waals surface area contributed by atoms with Gasteiger partial charge in [-0.2, -0.15) is 0 Å². The molecule has 0 spiro atoms. The molecule has 0 fully saturated rings. The van der Waals surface area contributed by atoms with E-state index in [1.54, 1.807) is 18.2 Å². The zero-order valence-electron chi connectivity index (χ0n) is 8.28. The molecule has 88 valence electrons. The second-order valence-corrected chi connectivity index (χ2v) is 5.03. The van der Waals surface area contributed by atoms with Crippen LogP contribution in [0.4, 0.5) is 5.13 Å². The van der Waals surface area contributed by atoms with Crippen molar-refractivity contribution >= 4 is 45.6 Å². The highest BCUT2D eigenvalue weighted by molar-refractivity contribution is 7.19. The van der Waals surface area contributed by atoms with Crippen molar-refractivity contribution < 1.29 is 9.90 Å². The number of rotatable bonds is 2. The fraction of sp³-hybridized carbons (Fsp3) is 0. The van der Waals surface area contributed by atoms with E-state index in [1.165, 1.54) is 0 Å². The van der Waals surface area contributed by atoms with E-state index in [4.69, 9.17) is 34.0 Å². The zero-order chi connectivity index (χ0) is 12.6. The summed E-state index contributed by atoms with van der Waals surface area (Å²) in [6.07, 6.45) is 0.